The monoisotopic (exact) mass is 336 g/mol. The van der Waals surface area contributed by atoms with Gasteiger partial charge >= 0.3 is 0 Å². The Morgan fingerprint density at radius 2 is 2.00 bits per heavy atom. The van der Waals surface area contributed by atoms with Crippen LogP contribution in [-0.4, -0.2) is 35.4 Å². The molecule has 5 heteroatoms. The number of hydrogen-bond acceptors (Lipinski definition) is 3. The van der Waals surface area contributed by atoms with Crippen LogP contribution >= 0.6 is 0 Å². The number of nitrogens with one attached hydrogen (secondary N) is 2. The first-order chi connectivity index (χ1) is 12.2. The maximum atomic E-state index is 12.3. The van der Waals surface area contributed by atoms with E-state index in [1.807, 2.05) is 30.5 Å². The van der Waals surface area contributed by atoms with Gasteiger partial charge in [0, 0.05) is 25.2 Å². The van der Waals surface area contributed by atoms with Crippen LogP contribution in [0.15, 0.2) is 42.6 Å². The summed E-state index contributed by atoms with van der Waals surface area (Å²) in [7, 11) is 0. The summed E-state index contributed by atoms with van der Waals surface area (Å²) in [4.78, 5) is 17.6. The second-order valence-electron chi connectivity index (χ2n) is 6.61. The normalized spacial score (nSPS) is 15.6. The van der Waals surface area contributed by atoms with Gasteiger partial charge in [-0.3, -0.25) is 9.69 Å². The highest BCUT2D eigenvalue weighted by molar-refractivity contribution is 5.78. The summed E-state index contributed by atoms with van der Waals surface area (Å²) in [5.74, 6) is 0.303. The summed E-state index contributed by atoms with van der Waals surface area (Å²) in [5.41, 5.74) is 2.98. The summed E-state index contributed by atoms with van der Waals surface area (Å²) in [5, 5.41) is 11.9. The molecule has 25 heavy (non-hydrogen) atoms. The molecule has 1 aliphatic rings. The van der Waals surface area contributed by atoms with E-state index in [0.29, 0.717) is 12.2 Å². The highest BCUT2D eigenvalue weighted by Crippen LogP contribution is 2.19. The summed E-state index contributed by atoms with van der Waals surface area (Å²) in [6, 6.07) is 14.2. The minimum Gasteiger partial charge on any atom is -0.356 e. The molecule has 1 saturated heterocycles. The van der Waals surface area contributed by atoms with E-state index in [-0.39, 0.29) is 11.8 Å². The maximum absolute atomic E-state index is 12.3. The molecule has 5 nitrogen and oxygen atoms in total. The van der Waals surface area contributed by atoms with E-state index in [2.05, 4.69) is 33.4 Å². The number of benzene rings is 1. The number of hydrogen-bond donors (Lipinski definition) is 2. The second kappa shape index (κ2) is 8.50. The minimum atomic E-state index is 0.118. The van der Waals surface area contributed by atoms with E-state index in [1.165, 1.54) is 5.56 Å². The average Bonchev–Trinajstić information content (AvgIpc) is 3.11. The first-order valence-corrected chi connectivity index (χ1v) is 8.86. The lowest BCUT2D eigenvalue weighted by molar-refractivity contribution is -0.126. The van der Waals surface area contributed by atoms with Crippen LogP contribution in [0.4, 0.5) is 0 Å². The number of piperidine rings is 1. The van der Waals surface area contributed by atoms with Crippen LogP contribution in [-0.2, 0) is 17.8 Å². The zero-order valence-electron chi connectivity index (χ0n) is 14.4. The Kier molecular flexibility index (Phi) is 5.86. The van der Waals surface area contributed by atoms with Gasteiger partial charge in [-0.25, -0.2) is 0 Å². The number of H-pyrrole nitrogens is 1. The number of nitriles is 1. The van der Waals surface area contributed by atoms with E-state index in [4.69, 9.17) is 5.26 Å². The first kappa shape index (κ1) is 17.2. The molecule has 0 radical (unpaired) electrons. The molecule has 1 aliphatic heterocycles. The van der Waals surface area contributed by atoms with Gasteiger partial charge < -0.3 is 10.3 Å². The lowest BCUT2D eigenvalue weighted by atomic mass is 9.95. The van der Waals surface area contributed by atoms with Gasteiger partial charge in [-0.05, 0) is 49.5 Å². The molecule has 3 rings (SSSR count). The Labute approximate surface area is 148 Å². The molecule has 0 unspecified atom stereocenters. The molecule has 1 fully saturated rings. The summed E-state index contributed by atoms with van der Waals surface area (Å²) in [6.45, 7) is 3.37. The zero-order chi connectivity index (χ0) is 17.5. The number of aromatic amines is 1. The molecule has 0 saturated carbocycles. The van der Waals surface area contributed by atoms with Crippen molar-refractivity contribution in [1.29, 1.82) is 5.26 Å². The summed E-state index contributed by atoms with van der Waals surface area (Å²) >= 11 is 0. The average molecular weight is 336 g/mol. The number of amides is 1. The third kappa shape index (κ3) is 4.94. The van der Waals surface area contributed by atoms with Gasteiger partial charge in [0.15, 0.2) is 0 Å². The highest BCUT2D eigenvalue weighted by atomic mass is 16.1. The van der Waals surface area contributed by atoms with Crippen molar-refractivity contribution < 1.29 is 4.79 Å². The summed E-state index contributed by atoms with van der Waals surface area (Å²) < 4.78 is 0. The van der Waals surface area contributed by atoms with Crippen molar-refractivity contribution >= 4 is 5.91 Å². The van der Waals surface area contributed by atoms with Crippen LogP contribution in [0.5, 0.6) is 0 Å². The molecule has 2 aromatic rings. The molecule has 0 spiro atoms. The fourth-order valence-electron chi connectivity index (χ4n) is 3.33. The Hall–Kier alpha value is -2.58. The van der Waals surface area contributed by atoms with E-state index < -0.39 is 0 Å². The van der Waals surface area contributed by atoms with Crippen LogP contribution < -0.4 is 5.32 Å². The minimum absolute atomic E-state index is 0.118. The van der Waals surface area contributed by atoms with Crippen LogP contribution in [0.25, 0.3) is 0 Å². The third-order valence-electron chi connectivity index (χ3n) is 4.78. The summed E-state index contributed by atoms with van der Waals surface area (Å²) in [6.07, 6.45) is 4.56. The highest BCUT2D eigenvalue weighted by Gasteiger charge is 2.24. The molecule has 1 aromatic heterocycles. The second-order valence-corrected chi connectivity index (χ2v) is 6.61. The standard InChI is InChI=1S/C20H24N4O/c21-13-19-12-17(14-23-19)15-24-10-7-18(8-11-24)20(25)22-9-6-16-4-2-1-3-5-16/h1-5,12,14,18,23H,6-11,15H2,(H,22,25). The van der Waals surface area contributed by atoms with Gasteiger partial charge in [0.25, 0.3) is 0 Å². The fourth-order valence-corrected chi connectivity index (χ4v) is 3.33. The van der Waals surface area contributed by atoms with Crippen molar-refractivity contribution in [2.24, 2.45) is 5.92 Å². The van der Waals surface area contributed by atoms with Crippen molar-refractivity contribution in [3.05, 3.63) is 59.4 Å². The molecule has 0 aliphatic carbocycles. The number of likely N-dealkylation sites (tertiary alicyclic amines) is 1. The van der Waals surface area contributed by atoms with Gasteiger partial charge in [0.2, 0.25) is 5.91 Å². The van der Waals surface area contributed by atoms with E-state index >= 15 is 0 Å². The number of aromatic nitrogens is 1. The molecule has 2 heterocycles. The zero-order valence-corrected chi connectivity index (χ0v) is 14.4. The molecule has 2 N–H and O–H groups in total. The van der Waals surface area contributed by atoms with E-state index in [1.54, 1.807) is 0 Å². The van der Waals surface area contributed by atoms with Crippen LogP contribution in [0, 0.1) is 17.2 Å². The first-order valence-electron chi connectivity index (χ1n) is 8.86. The van der Waals surface area contributed by atoms with Gasteiger partial charge in [-0.15, -0.1) is 0 Å². The molecule has 130 valence electrons. The molecule has 0 atom stereocenters. The fraction of sp³-hybridized carbons (Fsp3) is 0.400. The third-order valence-corrected chi connectivity index (χ3v) is 4.78. The molecular weight excluding hydrogens is 312 g/mol. The smallest absolute Gasteiger partial charge is 0.223 e. The Morgan fingerprint density at radius 1 is 1.24 bits per heavy atom. The van der Waals surface area contributed by atoms with Crippen molar-refractivity contribution in [2.45, 2.75) is 25.8 Å². The number of carbonyl (C=O) groups is 1. The number of carbonyl (C=O) groups excluding carboxylic acids is 1. The van der Waals surface area contributed by atoms with Crippen molar-refractivity contribution in [1.82, 2.24) is 15.2 Å². The SMILES string of the molecule is N#Cc1cc(CN2CCC(C(=O)NCCc3ccccc3)CC2)c[nH]1. The van der Waals surface area contributed by atoms with Gasteiger partial charge in [-0.2, -0.15) is 5.26 Å². The lowest BCUT2D eigenvalue weighted by Crippen LogP contribution is -2.40. The Bertz CT molecular complexity index is 724. The lowest BCUT2D eigenvalue weighted by Gasteiger charge is -2.31. The predicted octanol–water partition coefficient (Wildman–Crippen LogP) is 2.46. The Morgan fingerprint density at radius 3 is 2.68 bits per heavy atom. The van der Waals surface area contributed by atoms with Crippen molar-refractivity contribution in [2.75, 3.05) is 19.6 Å². The predicted molar refractivity (Wildman–Crippen MR) is 96.7 cm³/mol. The molecule has 1 aromatic carbocycles. The molecule has 0 bridgehead atoms. The molecular formula is C20H24N4O. The molecule has 1 amide bonds. The van der Waals surface area contributed by atoms with Gasteiger partial charge in [0.1, 0.15) is 11.8 Å². The number of rotatable bonds is 6. The van der Waals surface area contributed by atoms with Crippen LogP contribution in [0.2, 0.25) is 0 Å². The topological polar surface area (TPSA) is 71.9 Å². The van der Waals surface area contributed by atoms with E-state index in [0.717, 1.165) is 44.5 Å². The largest absolute Gasteiger partial charge is 0.356 e. The maximum Gasteiger partial charge on any atom is 0.223 e. The van der Waals surface area contributed by atoms with Gasteiger partial charge in [-0.1, -0.05) is 30.3 Å². The van der Waals surface area contributed by atoms with E-state index in [9.17, 15) is 4.79 Å². The Balaban J connectivity index is 1.38. The van der Waals surface area contributed by atoms with Crippen LogP contribution in [0.1, 0.15) is 29.7 Å². The number of nitrogens with zero attached hydrogens (tertiary/aromatic N) is 2. The van der Waals surface area contributed by atoms with Gasteiger partial charge in [0.05, 0.1) is 0 Å². The van der Waals surface area contributed by atoms with Crippen molar-refractivity contribution in [3.8, 4) is 6.07 Å². The van der Waals surface area contributed by atoms with Crippen molar-refractivity contribution in [3.63, 3.8) is 0 Å². The quantitative estimate of drug-likeness (QED) is 0.851. The van der Waals surface area contributed by atoms with Crippen LogP contribution in [0.3, 0.4) is 0 Å².